The molecule has 0 aliphatic carbocycles. The zero-order valence-electron chi connectivity index (χ0n) is 10.4. The van der Waals surface area contributed by atoms with Gasteiger partial charge in [0.1, 0.15) is 11.6 Å². The Bertz CT molecular complexity index is 634. The maximum atomic E-state index is 13.6. The minimum absolute atomic E-state index is 0.0509. The number of rotatable bonds is 3. The molecule has 1 nitrogen and oxygen atoms in total. The summed E-state index contributed by atoms with van der Waals surface area (Å²) >= 11 is 3.11. The van der Waals surface area contributed by atoms with Crippen LogP contribution in [0.5, 0.6) is 0 Å². The molecular weight excluding hydrogens is 357 g/mol. The molecule has 0 atom stereocenters. The van der Waals surface area contributed by atoms with Gasteiger partial charge in [0, 0.05) is 11.0 Å². The molecule has 0 aliphatic rings. The minimum Gasteiger partial charge on any atom is -0.378 e. The van der Waals surface area contributed by atoms with Gasteiger partial charge in [-0.1, -0.05) is 12.1 Å². The summed E-state index contributed by atoms with van der Waals surface area (Å²) in [5.41, 5.74) is -1.20. The molecule has 0 heterocycles. The lowest BCUT2D eigenvalue weighted by atomic mass is 10.1. The van der Waals surface area contributed by atoms with E-state index in [0.717, 1.165) is 12.1 Å². The largest absolute Gasteiger partial charge is 0.416 e. The lowest BCUT2D eigenvalue weighted by molar-refractivity contribution is -0.138. The summed E-state index contributed by atoms with van der Waals surface area (Å²) in [6.45, 7) is -0.283. The van der Waals surface area contributed by atoms with Crippen molar-refractivity contribution in [2.24, 2.45) is 0 Å². The van der Waals surface area contributed by atoms with Gasteiger partial charge in [0.15, 0.2) is 0 Å². The third-order valence-corrected chi connectivity index (χ3v) is 3.46. The molecule has 0 radical (unpaired) electrons. The van der Waals surface area contributed by atoms with Crippen LogP contribution in [-0.2, 0) is 12.7 Å². The summed E-state index contributed by atoms with van der Waals surface area (Å²) in [6.07, 6.45) is -4.68. The molecule has 0 amide bonds. The first kappa shape index (κ1) is 15.8. The van der Waals surface area contributed by atoms with Crippen molar-refractivity contribution < 1.29 is 22.0 Å². The second-order valence-electron chi connectivity index (χ2n) is 4.25. The van der Waals surface area contributed by atoms with E-state index >= 15 is 0 Å². The molecule has 0 spiro atoms. The van der Waals surface area contributed by atoms with E-state index in [1.54, 1.807) is 6.07 Å². The van der Waals surface area contributed by atoms with E-state index in [0.29, 0.717) is 10.5 Å². The van der Waals surface area contributed by atoms with Gasteiger partial charge >= 0.3 is 6.18 Å². The zero-order chi connectivity index (χ0) is 15.6. The summed E-state index contributed by atoms with van der Waals surface area (Å²) < 4.78 is 65.5. The summed E-state index contributed by atoms with van der Waals surface area (Å²) in [4.78, 5) is 0. The van der Waals surface area contributed by atoms with Gasteiger partial charge in [-0.3, -0.25) is 0 Å². The highest BCUT2D eigenvalue weighted by Gasteiger charge is 2.33. The van der Waals surface area contributed by atoms with Gasteiger partial charge in [-0.25, -0.2) is 8.78 Å². The number of hydrogen-bond donors (Lipinski definition) is 1. The maximum Gasteiger partial charge on any atom is 0.416 e. The molecule has 2 aromatic carbocycles. The maximum absolute atomic E-state index is 13.6. The molecule has 112 valence electrons. The van der Waals surface area contributed by atoms with Crippen LogP contribution in [0.3, 0.4) is 0 Å². The predicted octanol–water partition coefficient (Wildman–Crippen LogP) is 5.36. The Morgan fingerprint density at radius 2 is 1.76 bits per heavy atom. The quantitative estimate of drug-likeness (QED) is 0.722. The molecular formula is C14H9BrF5N. The van der Waals surface area contributed by atoms with Crippen molar-refractivity contribution >= 4 is 21.6 Å². The summed E-state index contributed by atoms with van der Waals surface area (Å²) in [7, 11) is 0. The van der Waals surface area contributed by atoms with E-state index in [9.17, 15) is 22.0 Å². The van der Waals surface area contributed by atoms with Crippen molar-refractivity contribution in [2.75, 3.05) is 5.32 Å². The fourth-order valence-corrected chi connectivity index (χ4v) is 2.30. The molecule has 0 aliphatic heterocycles. The molecule has 0 fully saturated rings. The van der Waals surface area contributed by atoms with Crippen LogP contribution in [0, 0.1) is 11.6 Å². The third kappa shape index (κ3) is 3.72. The number of nitrogens with one attached hydrogen (secondary N) is 1. The Labute approximate surface area is 125 Å². The van der Waals surface area contributed by atoms with E-state index in [2.05, 4.69) is 21.2 Å². The number of benzene rings is 2. The Morgan fingerprint density at radius 1 is 1.05 bits per heavy atom. The molecule has 0 saturated carbocycles. The highest BCUT2D eigenvalue weighted by Crippen LogP contribution is 2.33. The molecule has 2 aromatic rings. The van der Waals surface area contributed by atoms with Crippen LogP contribution in [-0.4, -0.2) is 0 Å². The molecule has 2 rings (SSSR count). The number of anilines is 1. The van der Waals surface area contributed by atoms with Gasteiger partial charge in [0.05, 0.1) is 11.3 Å². The van der Waals surface area contributed by atoms with E-state index in [1.807, 2.05) is 0 Å². The summed E-state index contributed by atoms with van der Waals surface area (Å²) in [5, 5.41) is 2.59. The minimum atomic E-state index is -4.68. The fourth-order valence-electron chi connectivity index (χ4n) is 1.82. The van der Waals surface area contributed by atoms with Crippen molar-refractivity contribution in [3.63, 3.8) is 0 Å². The first-order chi connectivity index (χ1) is 9.79. The van der Waals surface area contributed by atoms with Crippen molar-refractivity contribution in [3.8, 4) is 0 Å². The van der Waals surface area contributed by atoms with Crippen molar-refractivity contribution in [2.45, 2.75) is 12.7 Å². The lowest BCUT2D eigenvalue weighted by Crippen LogP contribution is -2.13. The van der Waals surface area contributed by atoms with E-state index < -0.39 is 23.4 Å². The van der Waals surface area contributed by atoms with Crippen LogP contribution in [0.4, 0.5) is 27.6 Å². The number of alkyl halides is 3. The van der Waals surface area contributed by atoms with Gasteiger partial charge in [-0.2, -0.15) is 13.2 Å². The zero-order valence-corrected chi connectivity index (χ0v) is 12.0. The van der Waals surface area contributed by atoms with Gasteiger partial charge in [-0.15, -0.1) is 0 Å². The van der Waals surface area contributed by atoms with Crippen molar-refractivity contribution in [3.05, 3.63) is 63.6 Å². The van der Waals surface area contributed by atoms with Gasteiger partial charge in [-0.05, 0) is 45.8 Å². The first-order valence-electron chi connectivity index (χ1n) is 5.82. The topological polar surface area (TPSA) is 12.0 Å². The fraction of sp³-hybridized carbons (Fsp3) is 0.143. The monoisotopic (exact) mass is 365 g/mol. The molecule has 0 aromatic heterocycles. The van der Waals surface area contributed by atoms with Gasteiger partial charge in [0.25, 0.3) is 0 Å². The Kier molecular flexibility index (Phi) is 4.51. The predicted molar refractivity (Wildman–Crippen MR) is 72.8 cm³/mol. The van der Waals surface area contributed by atoms with Crippen LogP contribution in [0.15, 0.2) is 40.9 Å². The lowest BCUT2D eigenvalue weighted by Gasteiger charge is -2.15. The smallest absolute Gasteiger partial charge is 0.378 e. The normalized spacial score (nSPS) is 11.5. The Hall–Kier alpha value is -1.63. The molecule has 0 saturated heterocycles. The van der Waals surface area contributed by atoms with Crippen LogP contribution in [0.25, 0.3) is 0 Å². The second-order valence-corrected chi connectivity index (χ2v) is 5.10. The molecule has 1 N–H and O–H groups in total. The van der Waals surface area contributed by atoms with Crippen molar-refractivity contribution in [1.29, 1.82) is 0 Å². The number of halogens is 6. The molecule has 21 heavy (non-hydrogen) atoms. The third-order valence-electron chi connectivity index (χ3n) is 2.80. The second kappa shape index (κ2) is 6.01. The Balaban J connectivity index is 2.29. The number of para-hydroxylation sites is 1. The van der Waals surface area contributed by atoms with Crippen molar-refractivity contribution in [1.82, 2.24) is 0 Å². The van der Waals surface area contributed by atoms with Gasteiger partial charge in [0.2, 0.25) is 0 Å². The highest BCUT2D eigenvalue weighted by molar-refractivity contribution is 9.10. The van der Waals surface area contributed by atoms with Crippen LogP contribution in [0.2, 0.25) is 0 Å². The molecule has 0 bridgehead atoms. The Morgan fingerprint density at radius 3 is 2.38 bits per heavy atom. The highest BCUT2D eigenvalue weighted by atomic mass is 79.9. The van der Waals surface area contributed by atoms with E-state index in [4.69, 9.17) is 0 Å². The van der Waals surface area contributed by atoms with E-state index in [1.165, 1.54) is 12.1 Å². The summed E-state index contributed by atoms with van der Waals surface area (Å²) in [6, 6.07) is 6.59. The summed E-state index contributed by atoms with van der Waals surface area (Å²) in [5.74, 6) is -1.57. The van der Waals surface area contributed by atoms with Gasteiger partial charge < -0.3 is 5.32 Å². The molecule has 0 unspecified atom stereocenters. The average molecular weight is 366 g/mol. The van der Waals surface area contributed by atoms with Crippen LogP contribution >= 0.6 is 15.9 Å². The SMILES string of the molecule is Fc1ccc(CNc2c(F)cccc2Br)c(C(F)(F)F)c1. The van der Waals surface area contributed by atoms with Crippen LogP contribution < -0.4 is 5.32 Å². The van der Waals surface area contributed by atoms with E-state index in [-0.39, 0.29) is 17.8 Å². The first-order valence-corrected chi connectivity index (χ1v) is 6.62. The van der Waals surface area contributed by atoms with Crippen LogP contribution in [0.1, 0.15) is 11.1 Å². The number of hydrogen-bond acceptors (Lipinski definition) is 1. The average Bonchev–Trinajstić information content (AvgIpc) is 2.38. The standard InChI is InChI=1S/C14H9BrF5N/c15-11-2-1-3-12(17)13(11)21-7-8-4-5-9(16)6-10(8)14(18,19)20/h1-6,21H,7H2. The molecule has 7 heteroatoms.